The molecule has 22 heavy (non-hydrogen) atoms. The van der Waals surface area contributed by atoms with Crippen LogP contribution in [0.5, 0.6) is 0 Å². The van der Waals surface area contributed by atoms with Gasteiger partial charge in [0.15, 0.2) is 0 Å². The fraction of sp³-hybridized carbons (Fsp3) is 0.611. The third-order valence-electron chi connectivity index (χ3n) is 4.20. The first-order valence-corrected chi connectivity index (χ1v) is 8.10. The molecule has 1 fully saturated rings. The van der Waals surface area contributed by atoms with Gasteiger partial charge in [0.2, 0.25) is 0 Å². The van der Waals surface area contributed by atoms with Gasteiger partial charge in [-0.25, -0.2) is 0 Å². The van der Waals surface area contributed by atoms with Gasteiger partial charge in [0.1, 0.15) is 6.10 Å². The van der Waals surface area contributed by atoms with Crippen LogP contribution in [-0.4, -0.2) is 43.3 Å². The van der Waals surface area contributed by atoms with Crippen LogP contribution in [0.15, 0.2) is 24.3 Å². The van der Waals surface area contributed by atoms with Gasteiger partial charge in [-0.3, -0.25) is 4.79 Å². The Morgan fingerprint density at radius 1 is 1.41 bits per heavy atom. The van der Waals surface area contributed by atoms with Gasteiger partial charge in [-0.05, 0) is 44.2 Å². The van der Waals surface area contributed by atoms with Crippen molar-refractivity contribution < 1.29 is 14.3 Å². The molecule has 1 aliphatic heterocycles. The summed E-state index contributed by atoms with van der Waals surface area (Å²) in [4.78, 5) is 14.1. The molecule has 1 amide bonds. The van der Waals surface area contributed by atoms with Crippen molar-refractivity contribution in [3.63, 3.8) is 0 Å². The Bertz CT molecular complexity index is 483. The summed E-state index contributed by atoms with van der Waals surface area (Å²) in [6.07, 6.45) is 3.05. The summed E-state index contributed by atoms with van der Waals surface area (Å²) in [5, 5.41) is 0. The van der Waals surface area contributed by atoms with E-state index in [2.05, 4.69) is 19.1 Å². The van der Waals surface area contributed by atoms with Crippen LogP contribution in [0.2, 0.25) is 0 Å². The van der Waals surface area contributed by atoms with Crippen LogP contribution in [0.25, 0.3) is 0 Å². The van der Waals surface area contributed by atoms with Crippen LogP contribution in [0.3, 0.4) is 0 Å². The number of benzene rings is 1. The lowest BCUT2D eigenvalue weighted by atomic mass is 10.1. The monoisotopic (exact) mass is 305 g/mol. The van der Waals surface area contributed by atoms with Gasteiger partial charge in [-0.15, -0.1) is 0 Å². The molecule has 0 N–H and O–H groups in total. The van der Waals surface area contributed by atoms with E-state index >= 15 is 0 Å². The molecule has 1 aliphatic rings. The summed E-state index contributed by atoms with van der Waals surface area (Å²) >= 11 is 0. The number of amides is 1. The number of hydrogen-bond donors (Lipinski definition) is 0. The maximum Gasteiger partial charge on any atom is 0.251 e. The zero-order valence-corrected chi connectivity index (χ0v) is 13.9. The quantitative estimate of drug-likeness (QED) is 0.811. The zero-order chi connectivity index (χ0) is 15.9. The summed E-state index contributed by atoms with van der Waals surface area (Å²) in [7, 11) is 1.83. The van der Waals surface area contributed by atoms with Gasteiger partial charge in [-0.1, -0.05) is 24.3 Å². The van der Waals surface area contributed by atoms with E-state index in [0.29, 0.717) is 13.2 Å². The molecule has 4 heteroatoms. The number of ether oxygens (including phenoxy) is 2. The Morgan fingerprint density at radius 2 is 2.18 bits per heavy atom. The van der Waals surface area contributed by atoms with E-state index in [-0.39, 0.29) is 12.0 Å². The summed E-state index contributed by atoms with van der Waals surface area (Å²) in [6.45, 7) is 5.81. The number of rotatable bonds is 6. The SMILES string of the molecule is Cc1ccccc1CN(C)C(=O)[C@@H](C)OC[C@@H]1CCCCO1. The molecule has 2 atom stereocenters. The van der Waals surface area contributed by atoms with Gasteiger partial charge in [0.25, 0.3) is 5.91 Å². The minimum Gasteiger partial charge on any atom is -0.376 e. The number of hydrogen-bond acceptors (Lipinski definition) is 3. The van der Waals surface area contributed by atoms with Crippen molar-refractivity contribution in [2.24, 2.45) is 0 Å². The van der Waals surface area contributed by atoms with Crippen LogP contribution in [0, 0.1) is 6.92 Å². The first kappa shape index (κ1) is 17.0. The molecule has 0 radical (unpaired) electrons. The van der Waals surface area contributed by atoms with Crippen LogP contribution in [0.4, 0.5) is 0 Å². The second-order valence-corrected chi connectivity index (χ2v) is 6.08. The standard InChI is InChI=1S/C18H27NO3/c1-14-8-4-5-9-16(14)12-19(3)18(20)15(2)22-13-17-10-6-7-11-21-17/h4-5,8-9,15,17H,6-7,10-13H2,1-3H3/t15-,17+/m1/s1. The van der Waals surface area contributed by atoms with Gasteiger partial charge in [0.05, 0.1) is 12.7 Å². The lowest BCUT2D eigenvalue weighted by Gasteiger charge is -2.26. The Hall–Kier alpha value is -1.39. The summed E-state index contributed by atoms with van der Waals surface area (Å²) < 4.78 is 11.3. The van der Waals surface area contributed by atoms with Gasteiger partial charge in [0, 0.05) is 20.2 Å². The van der Waals surface area contributed by atoms with Crippen molar-refractivity contribution in [3.8, 4) is 0 Å². The molecular formula is C18H27NO3. The van der Waals surface area contributed by atoms with Crippen molar-refractivity contribution in [2.75, 3.05) is 20.3 Å². The fourth-order valence-corrected chi connectivity index (χ4v) is 2.69. The molecule has 1 heterocycles. The molecule has 1 aromatic rings. The van der Waals surface area contributed by atoms with E-state index in [1.165, 1.54) is 17.5 Å². The largest absolute Gasteiger partial charge is 0.376 e. The molecule has 0 saturated carbocycles. The van der Waals surface area contributed by atoms with Gasteiger partial charge in [-0.2, -0.15) is 0 Å². The first-order chi connectivity index (χ1) is 10.6. The topological polar surface area (TPSA) is 38.8 Å². The molecule has 0 aromatic heterocycles. The molecule has 0 spiro atoms. The third-order valence-corrected chi connectivity index (χ3v) is 4.20. The molecule has 1 saturated heterocycles. The minimum atomic E-state index is -0.431. The summed E-state index contributed by atoms with van der Waals surface area (Å²) in [6, 6.07) is 8.13. The van der Waals surface area contributed by atoms with Crippen LogP contribution in [0.1, 0.15) is 37.3 Å². The van der Waals surface area contributed by atoms with Crippen LogP contribution >= 0.6 is 0 Å². The lowest BCUT2D eigenvalue weighted by molar-refractivity contribution is -0.145. The van der Waals surface area contributed by atoms with Crippen LogP contribution < -0.4 is 0 Å². The Labute approximate surface area is 133 Å². The van der Waals surface area contributed by atoms with Crippen molar-refractivity contribution in [1.29, 1.82) is 0 Å². The number of nitrogens with zero attached hydrogens (tertiary/aromatic N) is 1. The predicted octanol–water partition coefficient (Wildman–Crippen LogP) is 2.93. The third kappa shape index (κ3) is 4.82. The normalized spacial score (nSPS) is 19.7. The average Bonchev–Trinajstić information content (AvgIpc) is 2.55. The highest BCUT2D eigenvalue weighted by Gasteiger charge is 2.21. The predicted molar refractivity (Wildman–Crippen MR) is 86.7 cm³/mol. The molecule has 0 aliphatic carbocycles. The van der Waals surface area contributed by atoms with Crippen LogP contribution in [-0.2, 0) is 20.8 Å². The second kappa shape index (κ2) is 8.30. The Balaban J connectivity index is 1.80. The van der Waals surface area contributed by atoms with Crippen molar-refractivity contribution in [3.05, 3.63) is 35.4 Å². The maximum absolute atomic E-state index is 12.4. The summed E-state index contributed by atoms with van der Waals surface area (Å²) in [5.74, 6) is 0.0130. The smallest absolute Gasteiger partial charge is 0.251 e. The van der Waals surface area contributed by atoms with E-state index in [1.54, 1.807) is 4.90 Å². The molecule has 0 bridgehead atoms. The number of likely N-dealkylation sites (N-methyl/N-ethyl adjacent to an activating group) is 1. The van der Waals surface area contributed by atoms with Crippen molar-refractivity contribution >= 4 is 5.91 Å². The molecular weight excluding hydrogens is 278 g/mol. The second-order valence-electron chi connectivity index (χ2n) is 6.08. The highest BCUT2D eigenvalue weighted by molar-refractivity contribution is 5.80. The molecule has 1 aromatic carbocycles. The Morgan fingerprint density at radius 3 is 2.86 bits per heavy atom. The zero-order valence-electron chi connectivity index (χ0n) is 13.9. The molecule has 4 nitrogen and oxygen atoms in total. The Kier molecular flexibility index (Phi) is 6.40. The lowest BCUT2D eigenvalue weighted by Crippen LogP contribution is -2.38. The number of carbonyl (C=O) groups excluding carboxylic acids is 1. The van der Waals surface area contributed by atoms with E-state index in [0.717, 1.165) is 19.4 Å². The number of aryl methyl sites for hydroxylation is 1. The number of carbonyl (C=O) groups is 1. The molecule has 2 rings (SSSR count). The fourth-order valence-electron chi connectivity index (χ4n) is 2.69. The van der Waals surface area contributed by atoms with Crippen molar-refractivity contribution in [2.45, 2.75) is 51.9 Å². The van der Waals surface area contributed by atoms with E-state index in [1.807, 2.05) is 26.1 Å². The summed E-state index contributed by atoms with van der Waals surface area (Å²) in [5.41, 5.74) is 2.37. The minimum absolute atomic E-state index is 0.0130. The maximum atomic E-state index is 12.4. The highest BCUT2D eigenvalue weighted by Crippen LogP contribution is 2.14. The van der Waals surface area contributed by atoms with E-state index in [9.17, 15) is 4.79 Å². The van der Waals surface area contributed by atoms with E-state index < -0.39 is 6.10 Å². The van der Waals surface area contributed by atoms with Gasteiger partial charge < -0.3 is 14.4 Å². The van der Waals surface area contributed by atoms with E-state index in [4.69, 9.17) is 9.47 Å². The van der Waals surface area contributed by atoms with Crippen molar-refractivity contribution in [1.82, 2.24) is 4.90 Å². The highest BCUT2D eigenvalue weighted by atomic mass is 16.5. The average molecular weight is 305 g/mol. The molecule has 122 valence electrons. The van der Waals surface area contributed by atoms with Gasteiger partial charge >= 0.3 is 0 Å². The first-order valence-electron chi connectivity index (χ1n) is 8.10. The molecule has 0 unspecified atom stereocenters.